The van der Waals surface area contributed by atoms with Gasteiger partial charge >= 0.3 is 5.97 Å². The Morgan fingerprint density at radius 3 is 2.33 bits per heavy atom. The fraction of sp³-hybridized carbons (Fsp3) is 0.444. The first-order chi connectivity index (χ1) is 11.1. The van der Waals surface area contributed by atoms with Gasteiger partial charge in [-0.2, -0.15) is 5.10 Å². The van der Waals surface area contributed by atoms with Crippen LogP contribution in [0.5, 0.6) is 5.88 Å². The summed E-state index contributed by atoms with van der Waals surface area (Å²) in [6, 6.07) is 7.56. The number of carbonyl (C=O) groups is 1. The van der Waals surface area contributed by atoms with Crippen molar-refractivity contribution in [2.45, 2.75) is 56.9 Å². The van der Waals surface area contributed by atoms with Gasteiger partial charge in [0, 0.05) is 9.92 Å². The van der Waals surface area contributed by atoms with E-state index >= 15 is 0 Å². The lowest BCUT2D eigenvalue weighted by Crippen LogP contribution is -2.26. The maximum absolute atomic E-state index is 12.2. The van der Waals surface area contributed by atoms with Gasteiger partial charge in [-0.05, 0) is 52.0 Å². The Bertz CT molecular complexity index is 731. The molecule has 4 nitrogen and oxygen atoms in total. The highest BCUT2D eigenvalue weighted by Crippen LogP contribution is 2.40. The van der Waals surface area contributed by atoms with E-state index in [0.717, 1.165) is 15.5 Å². The van der Waals surface area contributed by atoms with Crippen molar-refractivity contribution in [2.24, 2.45) is 5.92 Å². The van der Waals surface area contributed by atoms with Gasteiger partial charge < -0.3 is 4.74 Å². The van der Waals surface area contributed by atoms with Crippen LogP contribution in [0.3, 0.4) is 0 Å². The van der Waals surface area contributed by atoms with Crippen LogP contribution in [0.25, 0.3) is 0 Å². The second-order valence-corrected chi connectivity index (χ2v) is 8.45. The number of halogens is 1. The van der Waals surface area contributed by atoms with Crippen LogP contribution in [0, 0.1) is 12.8 Å². The van der Waals surface area contributed by atoms with E-state index in [1.807, 2.05) is 65.8 Å². The van der Waals surface area contributed by atoms with Crippen molar-refractivity contribution < 1.29 is 9.53 Å². The molecule has 130 valence electrons. The van der Waals surface area contributed by atoms with Crippen molar-refractivity contribution in [3.63, 3.8) is 0 Å². The molecule has 2 aromatic rings. The average molecular weight is 367 g/mol. The number of carbonyl (C=O) groups excluding carboxylic acids is 1. The van der Waals surface area contributed by atoms with E-state index in [0.29, 0.717) is 10.9 Å². The number of benzene rings is 1. The van der Waals surface area contributed by atoms with E-state index in [1.165, 1.54) is 11.8 Å². The summed E-state index contributed by atoms with van der Waals surface area (Å²) in [6.45, 7) is 11.7. The third kappa shape index (κ3) is 4.33. The van der Waals surface area contributed by atoms with Crippen LogP contribution in [0.1, 0.15) is 40.3 Å². The molecule has 1 aromatic heterocycles. The summed E-state index contributed by atoms with van der Waals surface area (Å²) in [4.78, 5) is 14.0. The molecular weight excluding hydrogens is 344 g/mol. The van der Waals surface area contributed by atoms with Gasteiger partial charge in [-0.1, -0.05) is 37.2 Å². The summed E-state index contributed by atoms with van der Waals surface area (Å²) in [5, 5.41) is 5.29. The molecule has 0 aliphatic heterocycles. The minimum absolute atomic E-state index is 0.206. The zero-order valence-corrected chi connectivity index (χ0v) is 16.5. The van der Waals surface area contributed by atoms with Gasteiger partial charge in [0.25, 0.3) is 0 Å². The molecular formula is C18H23ClN2O2S. The topological polar surface area (TPSA) is 44.1 Å². The molecule has 0 atom stereocenters. The van der Waals surface area contributed by atoms with Gasteiger partial charge in [0.15, 0.2) is 0 Å². The number of hydrogen-bond donors (Lipinski definition) is 0. The van der Waals surface area contributed by atoms with E-state index in [-0.39, 0.29) is 17.4 Å². The zero-order valence-electron chi connectivity index (χ0n) is 14.9. The van der Waals surface area contributed by atoms with Crippen LogP contribution >= 0.6 is 23.4 Å². The second-order valence-electron chi connectivity index (χ2n) is 6.93. The lowest BCUT2D eigenvalue weighted by atomic mass is 10.1. The first kappa shape index (κ1) is 18.9. The van der Waals surface area contributed by atoms with Gasteiger partial charge in [-0.25, -0.2) is 4.68 Å². The van der Waals surface area contributed by atoms with Crippen LogP contribution in [0.4, 0.5) is 0 Å². The summed E-state index contributed by atoms with van der Waals surface area (Å²) in [5.74, 6) is 0.0269. The first-order valence-corrected chi connectivity index (χ1v) is 9.04. The van der Waals surface area contributed by atoms with Crippen molar-refractivity contribution in [1.29, 1.82) is 0 Å². The Balaban J connectivity index is 2.47. The van der Waals surface area contributed by atoms with Crippen molar-refractivity contribution in [3.05, 3.63) is 35.0 Å². The molecule has 0 saturated heterocycles. The molecule has 0 aliphatic carbocycles. The Morgan fingerprint density at radius 1 is 1.25 bits per heavy atom. The van der Waals surface area contributed by atoms with Crippen molar-refractivity contribution >= 4 is 29.3 Å². The molecule has 0 bridgehead atoms. The van der Waals surface area contributed by atoms with Gasteiger partial charge in [-0.15, -0.1) is 0 Å². The van der Waals surface area contributed by atoms with E-state index < -0.39 is 0 Å². The molecule has 1 aromatic carbocycles. The van der Waals surface area contributed by atoms with Gasteiger partial charge in [0.2, 0.25) is 5.88 Å². The number of aryl methyl sites for hydroxylation is 1. The third-order valence-corrected chi connectivity index (χ3v) is 4.74. The number of rotatable bonds is 4. The number of nitrogens with zero attached hydrogens (tertiary/aromatic N) is 2. The van der Waals surface area contributed by atoms with Crippen LogP contribution < -0.4 is 4.74 Å². The van der Waals surface area contributed by atoms with Crippen molar-refractivity contribution in [3.8, 4) is 5.88 Å². The smallest absolute Gasteiger partial charge is 0.315 e. The van der Waals surface area contributed by atoms with Crippen LogP contribution in [0.15, 0.2) is 34.1 Å². The normalized spacial score (nSPS) is 11.8. The maximum Gasteiger partial charge on any atom is 0.315 e. The van der Waals surface area contributed by atoms with Crippen LogP contribution in [-0.2, 0) is 10.3 Å². The molecule has 1 heterocycles. The highest BCUT2D eigenvalue weighted by atomic mass is 35.5. The van der Waals surface area contributed by atoms with E-state index in [4.69, 9.17) is 16.3 Å². The highest BCUT2D eigenvalue weighted by molar-refractivity contribution is 7.99. The second kappa shape index (κ2) is 7.19. The molecule has 6 heteroatoms. The Kier molecular flexibility index (Phi) is 5.66. The summed E-state index contributed by atoms with van der Waals surface area (Å²) < 4.78 is 7.47. The number of aromatic nitrogens is 2. The van der Waals surface area contributed by atoms with Gasteiger partial charge in [-0.3, -0.25) is 4.79 Å². The number of ether oxygens (including phenoxy) is 1. The fourth-order valence-electron chi connectivity index (χ4n) is 1.99. The Hall–Kier alpha value is -1.46. The monoisotopic (exact) mass is 366 g/mol. The van der Waals surface area contributed by atoms with Gasteiger partial charge in [0.05, 0.1) is 22.0 Å². The van der Waals surface area contributed by atoms with E-state index in [9.17, 15) is 4.79 Å². The summed E-state index contributed by atoms with van der Waals surface area (Å²) >= 11 is 7.47. The third-order valence-electron chi connectivity index (χ3n) is 3.30. The molecule has 0 N–H and O–H groups in total. The average Bonchev–Trinajstić information content (AvgIpc) is 2.78. The minimum atomic E-state index is -0.295. The molecule has 0 aliphatic rings. The van der Waals surface area contributed by atoms with Crippen molar-refractivity contribution in [1.82, 2.24) is 9.78 Å². The molecule has 0 saturated carbocycles. The number of hydrogen-bond acceptors (Lipinski definition) is 4. The Labute approximate surface area is 152 Å². The van der Waals surface area contributed by atoms with E-state index in [2.05, 4.69) is 5.10 Å². The molecule has 0 amide bonds. The fourth-order valence-corrected chi connectivity index (χ4v) is 3.02. The lowest BCUT2D eigenvalue weighted by molar-refractivity contribution is -0.138. The standard InChI is InChI=1S/C18H23ClN2O2S/c1-11(2)17(22)23-16-15(12(3)20-21(16)18(4,5)6)24-14-9-7-13(19)8-10-14/h7-11H,1-6H3. The largest absolute Gasteiger partial charge is 0.406 e. The zero-order chi connectivity index (χ0) is 18.1. The SMILES string of the molecule is Cc1nn(C(C)(C)C)c(OC(=O)C(C)C)c1Sc1ccc(Cl)cc1. The molecule has 0 fully saturated rings. The van der Waals surface area contributed by atoms with Gasteiger partial charge in [0.1, 0.15) is 0 Å². The van der Waals surface area contributed by atoms with Crippen molar-refractivity contribution in [2.75, 3.05) is 0 Å². The molecule has 2 rings (SSSR count). The van der Waals surface area contributed by atoms with Crippen LogP contribution in [-0.4, -0.2) is 15.7 Å². The minimum Gasteiger partial charge on any atom is -0.406 e. The van der Waals surface area contributed by atoms with E-state index in [1.54, 1.807) is 4.68 Å². The molecule has 0 spiro atoms. The molecule has 24 heavy (non-hydrogen) atoms. The maximum atomic E-state index is 12.2. The number of esters is 1. The predicted molar refractivity (Wildman–Crippen MR) is 98.0 cm³/mol. The summed E-state index contributed by atoms with van der Waals surface area (Å²) in [5.41, 5.74) is 0.535. The predicted octanol–water partition coefficient (Wildman–Crippen LogP) is 5.31. The van der Waals surface area contributed by atoms with Crippen LogP contribution in [0.2, 0.25) is 5.02 Å². The first-order valence-electron chi connectivity index (χ1n) is 7.85. The molecule has 0 radical (unpaired) electrons. The highest BCUT2D eigenvalue weighted by Gasteiger charge is 2.27. The quantitative estimate of drug-likeness (QED) is 0.687. The Morgan fingerprint density at radius 2 is 1.83 bits per heavy atom. The summed E-state index contributed by atoms with van der Waals surface area (Å²) in [7, 11) is 0. The molecule has 0 unspecified atom stereocenters. The summed E-state index contributed by atoms with van der Waals surface area (Å²) in [6.07, 6.45) is 0. The lowest BCUT2D eigenvalue weighted by Gasteiger charge is -2.22.